The van der Waals surface area contributed by atoms with E-state index in [0.29, 0.717) is 16.9 Å². The number of carbonyl (C=O) groups excluding carboxylic acids is 1. The van der Waals surface area contributed by atoms with Gasteiger partial charge in [-0.1, -0.05) is 17.8 Å². The average molecular weight is 281 g/mol. The molecule has 2 unspecified atom stereocenters. The minimum atomic E-state index is -1.17. The van der Waals surface area contributed by atoms with E-state index in [4.69, 9.17) is 10.00 Å². The fourth-order valence-electron chi connectivity index (χ4n) is 1.53. The zero-order valence-electron chi connectivity index (χ0n) is 10.7. The molecule has 0 aromatic heterocycles. The molecule has 0 aliphatic heterocycles. The molecule has 0 fully saturated rings. The molecule has 2 atom stereocenters. The highest BCUT2D eigenvalue weighted by atomic mass is 32.2. The average Bonchev–Trinajstić information content (AvgIpc) is 2.42. The highest BCUT2D eigenvalue weighted by molar-refractivity contribution is 8.13. The zero-order chi connectivity index (χ0) is 14.4. The lowest BCUT2D eigenvalue weighted by atomic mass is 10.0. The number of hydrogen-bond acceptors (Lipinski definition) is 6. The summed E-state index contributed by atoms with van der Waals surface area (Å²) in [4.78, 5) is 10.8. The number of rotatable bonds is 5. The number of ether oxygens (including phenoxy) is 1. The van der Waals surface area contributed by atoms with Crippen LogP contribution in [0.2, 0.25) is 0 Å². The summed E-state index contributed by atoms with van der Waals surface area (Å²) in [5.74, 6) is 0.429. The SMILES string of the molecule is COc1cc(C#N)ccc1C(O)C(O)CSC(C)=O. The second kappa shape index (κ2) is 7.14. The van der Waals surface area contributed by atoms with E-state index in [1.54, 1.807) is 0 Å². The summed E-state index contributed by atoms with van der Waals surface area (Å²) in [6.07, 6.45) is -2.26. The Bertz CT molecular complexity index is 498. The summed E-state index contributed by atoms with van der Waals surface area (Å²) in [5.41, 5.74) is 0.790. The van der Waals surface area contributed by atoms with Crippen molar-refractivity contribution in [3.63, 3.8) is 0 Å². The molecule has 2 N–H and O–H groups in total. The quantitative estimate of drug-likeness (QED) is 0.844. The molecule has 0 aliphatic carbocycles. The third-order valence-corrected chi connectivity index (χ3v) is 3.42. The smallest absolute Gasteiger partial charge is 0.185 e. The summed E-state index contributed by atoms with van der Waals surface area (Å²) >= 11 is 0.941. The molecule has 0 bridgehead atoms. The number of nitrogens with zero attached hydrogens (tertiary/aromatic N) is 1. The molecule has 0 radical (unpaired) electrons. The van der Waals surface area contributed by atoms with Crippen molar-refractivity contribution in [2.24, 2.45) is 0 Å². The number of carbonyl (C=O) groups is 1. The second-order valence-electron chi connectivity index (χ2n) is 3.88. The van der Waals surface area contributed by atoms with Gasteiger partial charge in [0.2, 0.25) is 0 Å². The molecule has 0 amide bonds. The molecule has 6 heteroatoms. The first kappa shape index (κ1) is 15.5. The van der Waals surface area contributed by atoms with Gasteiger partial charge in [0.15, 0.2) is 5.12 Å². The van der Waals surface area contributed by atoms with Crippen molar-refractivity contribution in [1.82, 2.24) is 0 Å². The molecule has 0 saturated heterocycles. The molecule has 1 aromatic carbocycles. The lowest BCUT2D eigenvalue weighted by molar-refractivity contribution is -0.109. The van der Waals surface area contributed by atoms with Crippen molar-refractivity contribution in [1.29, 1.82) is 5.26 Å². The molecule has 0 saturated carbocycles. The molecular formula is C13H15NO4S. The Balaban J connectivity index is 2.89. The first-order chi connectivity index (χ1) is 8.99. The number of aliphatic hydroxyl groups is 2. The van der Waals surface area contributed by atoms with Crippen LogP contribution >= 0.6 is 11.8 Å². The van der Waals surface area contributed by atoms with Crippen LogP contribution in [-0.2, 0) is 4.79 Å². The fourth-order valence-corrected chi connectivity index (χ4v) is 2.11. The number of nitriles is 1. The Morgan fingerprint density at radius 1 is 1.53 bits per heavy atom. The van der Waals surface area contributed by atoms with Crippen LogP contribution in [0.3, 0.4) is 0 Å². The maximum Gasteiger partial charge on any atom is 0.185 e. The molecule has 1 rings (SSSR count). The van der Waals surface area contributed by atoms with Gasteiger partial charge in [-0.05, 0) is 12.1 Å². The normalized spacial score (nSPS) is 13.4. The summed E-state index contributed by atoms with van der Waals surface area (Å²) in [7, 11) is 1.42. The van der Waals surface area contributed by atoms with Gasteiger partial charge in [0.25, 0.3) is 0 Å². The molecule has 5 nitrogen and oxygen atoms in total. The van der Waals surface area contributed by atoms with Gasteiger partial charge in [-0.15, -0.1) is 0 Å². The zero-order valence-corrected chi connectivity index (χ0v) is 11.5. The first-order valence-corrected chi connectivity index (χ1v) is 6.55. The van der Waals surface area contributed by atoms with Crippen LogP contribution in [0.1, 0.15) is 24.2 Å². The third kappa shape index (κ3) is 4.24. The van der Waals surface area contributed by atoms with Gasteiger partial charge in [-0.2, -0.15) is 5.26 Å². The van der Waals surface area contributed by atoms with Crippen LogP contribution in [0.5, 0.6) is 5.75 Å². The summed E-state index contributed by atoms with van der Waals surface area (Å²) in [6.45, 7) is 1.39. The van der Waals surface area contributed by atoms with Gasteiger partial charge in [0.05, 0.1) is 24.8 Å². The van der Waals surface area contributed by atoms with Crippen LogP contribution in [0.15, 0.2) is 18.2 Å². The maximum atomic E-state index is 10.8. The molecule has 1 aromatic rings. The Labute approximate surface area is 115 Å². The Kier molecular flexibility index (Phi) is 5.83. The van der Waals surface area contributed by atoms with E-state index < -0.39 is 12.2 Å². The fraction of sp³-hybridized carbons (Fsp3) is 0.385. The minimum Gasteiger partial charge on any atom is -0.496 e. The number of benzene rings is 1. The van der Waals surface area contributed by atoms with Crippen molar-refractivity contribution >= 4 is 16.9 Å². The number of methoxy groups -OCH3 is 1. The highest BCUT2D eigenvalue weighted by Crippen LogP contribution is 2.29. The Morgan fingerprint density at radius 2 is 2.21 bits per heavy atom. The topological polar surface area (TPSA) is 90.6 Å². The van der Waals surface area contributed by atoms with Crippen molar-refractivity contribution in [2.75, 3.05) is 12.9 Å². The van der Waals surface area contributed by atoms with E-state index in [1.807, 2.05) is 6.07 Å². The monoisotopic (exact) mass is 281 g/mol. The molecular weight excluding hydrogens is 266 g/mol. The molecule has 19 heavy (non-hydrogen) atoms. The van der Waals surface area contributed by atoms with Crippen molar-refractivity contribution < 1.29 is 19.7 Å². The maximum absolute atomic E-state index is 10.8. The van der Waals surface area contributed by atoms with Gasteiger partial charge in [-0.3, -0.25) is 4.79 Å². The number of thioether (sulfide) groups is 1. The Morgan fingerprint density at radius 3 is 2.74 bits per heavy atom. The van der Waals surface area contributed by atoms with Crippen LogP contribution in [0, 0.1) is 11.3 Å². The largest absolute Gasteiger partial charge is 0.496 e. The number of hydrogen-bond donors (Lipinski definition) is 2. The first-order valence-electron chi connectivity index (χ1n) is 5.57. The van der Waals surface area contributed by atoms with E-state index in [2.05, 4.69) is 0 Å². The van der Waals surface area contributed by atoms with Gasteiger partial charge in [0.1, 0.15) is 11.9 Å². The van der Waals surface area contributed by atoms with Crippen LogP contribution in [0.25, 0.3) is 0 Å². The van der Waals surface area contributed by atoms with Crippen molar-refractivity contribution in [3.8, 4) is 11.8 Å². The summed E-state index contributed by atoms with van der Waals surface area (Å²) in [6, 6.07) is 6.52. The predicted octanol–water partition coefficient (Wildman–Crippen LogP) is 1.24. The van der Waals surface area contributed by atoms with Gasteiger partial charge >= 0.3 is 0 Å². The van der Waals surface area contributed by atoms with Crippen LogP contribution < -0.4 is 4.74 Å². The van der Waals surface area contributed by atoms with E-state index in [1.165, 1.54) is 32.2 Å². The predicted molar refractivity (Wildman–Crippen MR) is 71.8 cm³/mol. The summed E-state index contributed by atoms with van der Waals surface area (Å²) in [5, 5.41) is 28.5. The highest BCUT2D eigenvalue weighted by Gasteiger charge is 2.22. The molecule has 0 heterocycles. The Hall–Kier alpha value is -1.55. The lowest BCUT2D eigenvalue weighted by Gasteiger charge is -2.19. The number of aliphatic hydroxyl groups excluding tert-OH is 2. The van der Waals surface area contributed by atoms with Gasteiger partial charge in [0, 0.05) is 18.2 Å². The van der Waals surface area contributed by atoms with E-state index >= 15 is 0 Å². The van der Waals surface area contributed by atoms with Crippen LogP contribution in [0.4, 0.5) is 0 Å². The van der Waals surface area contributed by atoms with Gasteiger partial charge < -0.3 is 14.9 Å². The van der Waals surface area contributed by atoms with E-state index in [-0.39, 0.29) is 10.9 Å². The minimum absolute atomic E-state index is 0.0969. The standard InChI is InChI=1S/C13H15NO4S/c1-8(15)19-7-11(16)13(17)10-4-3-9(6-14)5-12(10)18-2/h3-5,11,13,16-17H,7H2,1-2H3. The van der Waals surface area contributed by atoms with E-state index in [0.717, 1.165) is 11.8 Å². The third-order valence-electron chi connectivity index (χ3n) is 2.50. The van der Waals surface area contributed by atoms with Crippen molar-refractivity contribution in [3.05, 3.63) is 29.3 Å². The molecule has 102 valence electrons. The molecule has 0 spiro atoms. The van der Waals surface area contributed by atoms with Crippen LogP contribution in [-0.4, -0.2) is 34.3 Å². The lowest BCUT2D eigenvalue weighted by Crippen LogP contribution is -2.22. The van der Waals surface area contributed by atoms with E-state index in [9.17, 15) is 15.0 Å². The van der Waals surface area contributed by atoms with Crippen molar-refractivity contribution in [2.45, 2.75) is 19.1 Å². The second-order valence-corrected chi connectivity index (χ2v) is 5.08. The summed E-state index contributed by atoms with van der Waals surface area (Å²) < 4.78 is 5.09. The van der Waals surface area contributed by atoms with Gasteiger partial charge in [-0.25, -0.2) is 0 Å². The molecule has 0 aliphatic rings.